The first-order valence-electron chi connectivity index (χ1n) is 15.2. The fraction of sp³-hybridized carbons (Fsp3) is 0.0488. The molecule has 0 aliphatic heterocycles. The maximum absolute atomic E-state index is 15.0. The van der Waals surface area contributed by atoms with Gasteiger partial charge in [-0.2, -0.15) is 5.26 Å². The Kier molecular flexibility index (Phi) is 6.54. The molecule has 1 aliphatic rings. The summed E-state index contributed by atoms with van der Waals surface area (Å²) in [5, 5.41) is 16.1. The zero-order valence-electron chi connectivity index (χ0n) is 25.1. The molecular formula is C41H29O4P. The van der Waals surface area contributed by atoms with Crippen molar-refractivity contribution in [2.75, 3.05) is 0 Å². The van der Waals surface area contributed by atoms with E-state index in [0.29, 0.717) is 0 Å². The van der Waals surface area contributed by atoms with E-state index in [1.54, 1.807) is 0 Å². The second kappa shape index (κ2) is 10.7. The third-order valence-electron chi connectivity index (χ3n) is 9.57. The van der Waals surface area contributed by atoms with Gasteiger partial charge in [-0.1, -0.05) is 152 Å². The molecule has 1 N–H and O–H groups in total. The van der Waals surface area contributed by atoms with Crippen molar-refractivity contribution in [1.82, 2.24) is 0 Å². The van der Waals surface area contributed by atoms with E-state index in [1.165, 1.54) is 0 Å². The number of hydrogen-bond acceptors (Lipinski definition) is 4. The molecule has 1 unspecified atom stereocenters. The van der Waals surface area contributed by atoms with Crippen LogP contribution in [0.3, 0.4) is 0 Å². The Balaban J connectivity index is 1.41. The lowest BCUT2D eigenvalue weighted by Gasteiger charge is -2.36. The quantitative estimate of drug-likeness (QED) is 0.0911. The first-order valence-corrected chi connectivity index (χ1v) is 16.9. The van der Waals surface area contributed by atoms with E-state index in [2.05, 4.69) is 35.2 Å². The second-order valence-electron chi connectivity index (χ2n) is 11.9. The van der Waals surface area contributed by atoms with Crippen LogP contribution in [0.2, 0.25) is 0 Å². The van der Waals surface area contributed by atoms with Gasteiger partial charge in [0.25, 0.3) is 0 Å². The third kappa shape index (κ3) is 3.91. The van der Waals surface area contributed by atoms with Gasteiger partial charge in [-0.05, 0) is 61.8 Å². The zero-order valence-corrected chi connectivity index (χ0v) is 25.9. The number of rotatable bonds is 5. The summed E-state index contributed by atoms with van der Waals surface area (Å²) in [7, 11) is -3.14. The standard InChI is InChI=1S/C41H29O4P/c1-41(40(42)45-43)35-21-11-10-19-33(35)38-32-18-9-8-17-31(32)37(34-20-12-22-36(41)39(34)38)27-23-25-30(26-24-27)46(44,28-13-4-2-5-14-28)29-15-6-3-7-16-29/h2-26,43H,1H3. The minimum Gasteiger partial charge on any atom is -0.309 e. The van der Waals surface area contributed by atoms with E-state index in [9.17, 15) is 10.1 Å². The molecule has 0 radical (unpaired) electrons. The van der Waals surface area contributed by atoms with Gasteiger partial charge in [-0.25, -0.2) is 4.79 Å². The smallest absolute Gasteiger partial charge is 0.309 e. The van der Waals surface area contributed by atoms with Crippen LogP contribution in [0.4, 0.5) is 0 Å². The van der Waals surface area contributed by atoms with Crippen molar-refractivity contribution in [3.8, 4) is 22.3 Å². The third-order valence-corrected chi connectivity index (χ3v) is 12.6. The molecule has 0 heterocycles. The molecule has 222 valence electrons. The summed E-state index contributed by atoms with van der Waals surface area (Å²) in [4.78, 5) is 17.8. The van der Waals surface area contributed by atoms with E-state index in [4.69, 9.17) is 0 Å². The lowest BCUT2D eigenvalue weighted by molar-refractivity contribution is -0.238. The van der Waals surface area contributed by atoms with Crippen molar-refractivity contribution in [3.05, 3.63) is 163 Å². The molecule has 7 aromatic rings. The van der Waals surface area contributed by atoms with Crippen molar-refractivity contribution in [3.63, 3.8) is 0 Å². The highest BCUT2D eigenvalue weighted by Gasteiger charge is 2.46. The van der Waals surface area contributed by atoms with Crippen LogP contribution >= 0.6 is 7.14 Å². The SMILES string of the molecule is CC1(C(=O)OO)c2ccccc2-c2c3ccccc3c(-c3ccc(P(=O)(c4ccccc4)c4ccccc4)cc3)c3cccc1c23. The predicted molar refractivity (Wildman–Crippen MR) is 187 cm³/mol. The molecule has 8 rings (SSSR count). The van der Waals surface area contributed by atoms with Crippen LogP contribution in [0.5, 0.6) is 0 Å². The maximum Gasteiger partial charge on any atom is 0.356 e. The highest BCUT2D eigenvalue weighted by Crippen LogP contribution is 2.54. The molecule has 5 heteroatoms. The van der Waals surface area contributed by atoms with Gasteiger partial charge in [0.1, 0.15) is 5.41 Å². The number of carbonyl (C=O) groups excluding carboxylic acids is 1. The molecule has 4 nitrogen and oxygen atoms in total. The average molecular weight is 617 g/mol. The molecule has 0 bridgehead atoms. The summed E-state index contributed by atoms with van der Waals surface area (Å²) in [6, 6.07) is 49.7. The van der Waals surface area contributed by atoms with Crippen molar-refractivity contribution >= 4 is 50.6 Å². The minimum atomic E-state index is -3.14. The number of fused-ring (bicyclic) bond motifs is 4. The average Bonchev–Trinajstić information content (AvgIpc) is 3.13. The number of hydrogen-bond donors (Lipinski definition) is 1. The Labute approximate surface area is 266 Å². The van der Waals surface area contributed by atoms with Crippen LogP contribution in [0, 0.1) is 0 Å². The summed E-state index contributed by atoms with van der Waals surface area (Å²) in [6.45, 7) is 1.82. The summed E-state index contributed by atoms with van der Waals surface area (Å²) < 4.78 is 15.0. The van der Waals surface area contributed by atoms with Crippen LogP contribution in [-0.2, 0) is 19.7 Å². The van der Waals surface area contributed by atoms with Gasteiger partial charge in [0.05, 0.1) is 0 Å². The van der Waals surface area contributed by atoms with Gasteiger partial charge in [0.2, 0.25) is 0 Å². The Bertz CT molecular complexity index is 2300. The highest BCUT2D eigenvalue weighted by atomic mass is 31.2. The van der Waals surface area contributed by atoms with E-state index in [1.807, 2.05) is 128 Å². The molecule has 1 aliphatic carbocycles. The van der Waals surface area contributed by atoms with Crippen molar-refractivity contribution in [1.29, 1.82) is 0 Å². The molecule has 1 atom stereocenters. The minimum absolute atomic E-state index is 0.727. The Hall–Kier alpha value is -5.28. The van der Waals surface area contributed by atoms with E-state index in [0.717, 1.165) is 70.8 Å². The summed E-state index contributed by atoms with van der Waals surface area (Å²) in [5.41, 5.74) is 4.33. The van der Waals surface area contributed by atoms with Crippen molar-refractivity contribution in [2.45, 2.75) is 12.3 Å². The second-order valence-corrected chi connectivity index (χ2v) is 14.7. The summed E-state index contributed by atoms with van der Waals surface area (Å²) >= 11 is 0. The van der Waals surface area contributed by atoms with Crippen LogP contribution in [0.25, 0.3) is 43.8 Å². The lowest BCUT2D eigenvalue weighted by atomic mass is 9.66. The molecule has 0 aromatic heterocycles. The van der Waals surface area contributed by atoms with Crippen molar-refractivity contribution in [2.24, 2.45) is 0 Å². The highest BCUT2D eigenvalue weighted by molar-refractivity contribution is 7.85. The summed E-state index contributed by atoms with van der Waals surface area (Å²) in [6.07, 6.45) is 0. The lowest BCUT2D eigenvalue weighted by Crippen LogP contribution is -2.37. The van der Waals surface area contributed by atoms with Gasteiger partial charge >= 0.3 is 5.97 Å². The Morgan fingerprint density at radius 1 is 0.565 bits per heavy atom. The molecule has 0 saturated heterocycles. The summed E-state index contributed by atoms with van der Waals surface area (Å²) in [5.74, 6) is -0.727. The van der Waals surface area contributed by atoms with E-state index < -0.39 is 18.5 Å². The molecule has 0 saturated carbocycles. The van der Waals surface area contributed by atoms with Crippen LogP contribution in [0.1, 0.15) is 18.1 Å². The Morgan fingerprint density at radius 2 is 1.07 bits per heavy atom. The van der Waals surface area contributed by atoms with Crippen LogP contribution in [-0.4, -0.2) is 11.2 Å². The molecular weight excluding hydrogens is 587 g/mol. The van der Waals surface area contributed by atoms with Crippen molar-refractivity contribution < 1.29 is 19.5 Å². The van der Waals surface area contributed by atoms with E-state index >= 15 is 4.57 Å². The zero-order chi connectivity index (χ0) is 31.5. The topological polar surface area (TPSA) is 63.6 Å². The largest absolute Gasteiger partial charge is 0.356 e. The molecule has 7 aromatic carbocycles. The molecule has 0 fully saturated rings. The van der Waals surface area contributed by atoms with Gasteiger partial charge < -0.3 is 4.57 Å². The monoisotopic (exact) mass is 616 g/mol. The molecule has 46 heavy (non-hydrogen) atoms. The molecule has 0 spiro atoms. The molecule has 0 amide bonds. The van der Waals surface area contributed by atoms with Crippen LogP contribution in [0.15, 0.2) is 152 Å². The van der Waals surface area contributed by atoms with Gasteiger partial charge in [-0.3, -0.25) is 4.89 Å². The normalized spacial score (nSPS) is 15.4. The fourth-order valence-corrected chi connectivity index (χ4v) is 10.0. The maximum atomic E-state index is 15.0. The van der Waals surface area contributed by atoms with Gasteiger partial charge in [0, 0.05) is 15.9 Å². The van der Waals surface area contributed by atoms with Gasteiger partial charge in [0.15, 0.2) is 7.14 Å². The first-order chi connectivity index (χ1) is 22.5. The number of carbonyl (C=O) groups is 1. The first kappa shape index (κ1) is 28.2. The number of benzene rings is 7. The van der Waals surface area contributed by atoms with Gasteiger partial charge in [-0.15, -0.1) is 0 Å². The fourth-order valence-electron chi connectivity index (χ4n) is 7.39. The Morgan fingerprint density at radius 3 is 1.70 bits per heavy atom. The predicted octanol–water partition coefficient (Wildman–Crippen LogP) is 8.60. The van der Waals surface area contributed by atoms with E-state index in [-0.39, 0.29) is 0 Å². The van der Waals surface area contributed by atoms with Crippen LogP contribution < -0.4 is 15.9 Å².